The van der Waals surface area contributed by atoms with Gasteiger partial charge in [0.2, 0.25) is 0 Å². The summed E-state index contributed by atoms with van der Waals surface area (Å²) in [6.07, 6.45) is 3.62. The van der Waals surface area contributed by atoms with E-state index in [-0.39, 0.29) is 6.03 Å². The normalized spacial score (nSPS) is 10.5. The molecule has 0 saturated carbocycles. The highest BCUT2D eigenvalue weighted by Gasteiger charge is 2.04. The van der Waals surface area contributed by atoms with Crippen LogP contribution in [0.2, 0.25) is 0 Å². The molecule has 1 aromatic rings. The molecule has 0 spiro atoms. The number of aryl methyl sites for hydroxylation is 1. The van der Waals surface area contributed by atoms with E-state index >= 15 is 0 Å². The predicted molar refractivity (Wildman–Crippen MR) is 62.1 cm³/mol. The van der Waals surface area contributed by atoms with Gasteiger partial charge in [-0.1, -0.05) is 19.1 Å². The molecule has 0 saturated heterocycles. The summed E-state index contributed by atoms with van der Waals surface area (Å²) in [7, 11) is 1.72. The minimum absolute atomic E-state index is 0.214. The van der Waals surface area contributed by atoms with Crippen LogP contribution in [-0.4, -0.2) is 27.6 Å². The zero-order valence-corrected chi connectivity index (χ0v) is 10.0. The Morgan fingerprint density at radius 2 is 2.31 bits per heavy atom. The van der Waals surface area contributed by atoms with Crippen LogP contribution in [0.3, 0.4) is 0 Å². The third-order valence-electron chi connectivity index (χ3n) is 2.20. The van der Waals surface area contributed by atoms with E-state index in [2.05, 4.69) is 34.8 Å². The maximum Gasteiger partial charge on any atom is 0.320 e. The molecule has 0 aliphatic rings. The molecule has 0 unspecified atom stereocenters. The van der Waals surface area contributed by atoms with E-state index in [1.807, 2.05) is 0 Å². The SMILES string of the molecule is CC(C)CCCNC(=O)Nc1cnnn1C. The van der Waals surface area contributed by atoms with Crippen molar-refractivity contribution in [3.8, 4) is 0 Å². The highest BCUT2D eigenvalue weighted by molar-refractivity contribution is 5.87. The summed E-state index contributed by atoms with van der Waals surface area (Å²) < 4.78 is 1.51. The Kier molecular flexibility index (Phi) is 4.75. The van der Waals surface area contributed by atoms with Crippen LogP contribution in [0.1, 0.15) is 26.7 Å². The van der Waals surface area contributed by atoms with Crippen LogP contribution in [0.15, 0.2) is 6.20 Å². The Morgan fingerprint density at radius 1 is 1.56 bits per heavy atom. The zero-order chi connectivity index (χ0) is 12.0. The van der Waals surface area contributed by atoms with Crippen LogP contribution in [-0.2, 0) is 7.05 Å². The number of hydrogen-bond donors (Lipinski definition) is 2. The average molecular weight is 225 g/mol. The van der Waals surface area contributed by atoms with Crippen LogP contribution in [0.25, 0.3) is 0 Å². The number of nitrogens with one attached hydrogen (secondary N) is 2. The molecule has 0 aromatic carbocycles. The predicted octanol–water partition coefficient (Wildman–Crippen LogP) is 1.37. The molecule has 16 heavy (non-hydrogen) atoms. The summed E-state index contributed by atoms with van der Waals surface area (Å²) in [6, 6.07) is -0.214. The molecule has 2 N–H and O–H groups in total. The molecule has 6 heteroatoms. The molecular formula is C10H19N5O. The second-order valence-electron chi connectivity index (χ2n) is 4.16. The Balaban J connectivity index is 2.19. The Labute approximate surface area is 95.4 Å². The maximum absolute atomic E-state index is 11.4. The second kappa shape index (κ2) is 6.09. The smallest absolute Gasteiger partial charge is 0.320 e. The van der Waals surface area contributed by atoms with Gasteiger partial charge in [-0.2, -0.15) is 0 Å². The summed E-state index contributed by atoms with van der Waals surface area (Å²) in [5.74, 6) is 1.26. The highest BCUT2D eigenvalue weighted by Crippen LogP contribution is 2.02. The number of rotatable bonds is 5. The zero-order valence-electron chi connectivity index (χ0n) is 10.0. The summed E-state index contributed by atoms with van der Waals surface area (Å²) in [5.41, 5.74) is 0. The molecule has 0 atom stereocenters. The van der Waals surface area contributed by atoms with E-state index in [1.165, 1.54) is 10.9 Å². The number of carbonyl (C=O) groups is 1. The first-order valence-corrected chi connectivity index (χ1v) is 5.49. The first-order chi connectivity index (χ1) is 7.59. The van der Waals surface area contributed by atoms with E-state index in [0.717, 1.165) is 12.8 Å². The number of nitrogens with zero attached hydrogens (tertiary/aromatic N) is 3. The number of carbonyl (C=O) groups excluding carboxylic acids is 1. The highest BCUT2D eigenvalue weighted by atomic mass is 16.2. The molecule has 0 bridgehead atoms. The van der Waals surface area contributed by atoms with Gasteiger partial charge in [0.05, 0.1) is 6.20 Å². The molecule has 90 valence electrons. The number of urea groups is 1. The Morgan fingerprint density at radius 3 is 2.88 bits per heavy atom. The van der Waals surface area contributed by atoms with E-state index < -0.39 is 0 Å². The van der Waals surface area contributed by atoms with Crippen molar-refractivity contribution in [2.75, 3.05) is 11.9 Å². The Hall–Kier alpha value is -1.59. The van der Waals surface area contributed by atoms with Crippen molar-refractivity contribution in [1.82, 2.24) is 20.3 Å². The first kappa shape index (κ1) is 12.5. The standard InChI is InChI=1S/C10H19N5O/c1-8(2)5-4-6-11-10(16)13-9-7-12-14-15(9)3/h7-8H,4-6H2,1-3H3,(H2,11,13,16). The summed E-state index contributed by atoms with van der Waals surface area (Å²) >= 11 is 0. The fourth-order valence-electron chi connectivity index (χ4n) is 1.28. The molecule has 2 amide bonds. The van der Waals surface area contributed by atoms with Gasteiger partial charge in [0, 0.05) is 13.6 Å². The average Bonchev–Trinajstić information content (AvgIpc) is 2.59. The van der Waals surface area contributed by atoms with Crippen LogP contribution in [0, 0.1) is 5.92 Å². The Bertz CT molecular complexity index is 334. The van der Waals surface area contributed by atoms with Gasteiger partial charge in [-0.25, -0.2) is 9.48 Å². The molecule has 6 nitrogen and oxygen atoms in total. The van der Waals surface area contributed by atoms with Gasteiger partial charge in [-0.3, -0.25) is 5.32 Å². The lowest BCUT2D eigenvalue weighted by molar-refractivity contribution is 0.251. The second-order valence-corrected chi connectivity index (χ2v) is 4.16. The lowest BCUT2D eigenvalue weighted by atomic mass is 10.1. The van der Waals surface area contributed by atoms with Crippen LogP contribution < -0.4 is 10.6 Å². The van der Waals surface area contributed by atoms with Crippen molar-refractivity contribution in [2.24, 2.45) is 13.0 Å². The molecule has 0 aliphatic carbocycles. The van der Waals surface area contributed by atoms with Gasteiger partial charge in [0.25, 0.3) is 0 Å². The summed E-state index contributed by atoms with van der Waals surface area (Å²) in [6.45, 7) is 5.03. The quantitative estimate of drug-likeness (QED) is 0.743. The molecular weight excluding hydrogens is 206 g/mol. The lowest BCUT2D eigenvalue weighted by Crippen LogP contribution is -2.30. The first-order valence-electron chi connectivity index (χ1n) is 5.49. The van der Waals surface area contributed by atoms with E-state index in [4.69, 9.17) is 0 Å². The number of hydrogen-bond acceptors (Lipinski definition) is 3. The molecule has 1 aromatic heterocycles. The van der Waals surface area contributed by atoms with Gasteiger partial charge in [-0.15, -0.1) is 5.10 Å². The molecule has 0 fully saturated rings. The van der Waals surface area contributed by atoms with Crippen LogP contribution >= 0.6 is 0 Å². The van der Waals surface area contributed by atoms with Gasteiger partial charge in [0.1, 0.15) is 0 Å². The fourth-order valence-corrected chi connectivity index (χ4v) is 1.28. The molecule has 0 aliphatic heterocycles. The van der Waals surface area contributed by atoms with Gasteiger partial charge in [-0.05, 0) is 18.8 Å². The summed E-state index contributed by atoms with van der Waals surface area (Å²) in [4.78, 5) is 11.4. The molecule has 0 radical (unpaired) electrons. The van der Waals surface area contributed by atoms with Crippen LogP contribution in [0.4, 0.5) is 10.6 Å². The van der Waals surface area contributed by atoms with E-state index in [0.29, 0.717) is 18.3 Å². The van der Waals surface area contributed by atoms with Gasteiger partial charge < -0.3 is 5.32 Å². The minimum atomic E-state index is -0.214. The van der Waals surface area contributed by atoms with E-state index in [1.54, 1.807) is 7.05 Å². The fraction of sp³-hybridized carbons (Fsp3) is 0.700. The topological polar surface area (TPSA) is 71.8 Å². The van der Waals surface area contributed by atoms with Gasteiger partial charge >= 0.3 is 6.03 Å². The molecule has 1 rings (SSSR count). The number of aromatic nitrogens is 3. The lowest BCUT2D eigenvalue weighted by Gasteiger charge is -2.07. The third kappa shape index (κ3) is 4.29. The largest absolute Gasteiger partial charge is 0.338 e. The van der Waals surface area contributed by atoms with Crippen molar-refractivity contribution in [3.05, 3.63) is 6.20 Å². The maximum atomic E-state index is 11.4. The number of anilines is 1. The van der Waals surface area contributed by atoms with Crippen molar-refractivity contribution < 1.29 is 4.79 Å². The van der Waals surface area contributed by atoms with Crippen molar-refractivity contribution in [2.45, 2.75) is 26.7 Å². The summed E-state index contributed by atoms with van der Waals surface area (Å²) in [5, 5.41) is 12.8. The van der Waals surface area contributed by atoms with Crippen molar-refractivity contribution in [1.29, 1.82) is 0 Å². The van der Waals surface area contributed by atoms with E-state index in [9.17, 15) is 4.79 Å². The minimum Gasteiger partial charge on any atom is -0.338 e. The van der Waals surface area contributed by atoms with Gasteiger partial charge in [0.15, 0.2) is 5.82 Å². The third-order valence-corrected chi connectivity index (χ3v) is 2.20. The van der Waals surface area contributed by atoms with Crippen molar-refractivity contribution >= 4 is 11.8 Å². The molecule has 1 heterocycles. The van der Waals surface area contributed by atoms with Crippen LogP contribution in [0.5, 0.6) is 0 Å². The number of amides is 2. The van der Waals surface area contributed by atoms with Crippen molar-refractivity contribution in [3.63, 3.8) is 0 Å². The monoisotopic (exact) mass is 225 g/mol.